The van der Waals surface area contributed by atoms with E-state index in [4.69, 9.17) is 16.3 Å². The van der Waals surface area contributed by atoms with Crippen LogP contribution in [0.5, 0.6) is 0 Å². The van der Waals surface area contributed by atoms with Gasteiger partial charge in [0.2, 0.25) is 0 Å². The number of alkyl halides is 1. The van der Waals surface area contributed by atoms with E-state index in [1.54, 1.807) is 6.92 Å². The maximum atomic E-state index is 11.9. The van der Waals surface area contributed by atoms with Gasteiger partial charge in [-0.25, -0.2) is 0 Å². The van der Waals surface area contributed by atoms with Crippen molar-refractivity contribution in [3.05, 3.63) is 35.4 Å². The molecule has 1 aromatic rings. The quantitative estimate of drug-likeness (QED) is 0.301. The van der Waals surface area contributed by atoms with Crippen molar-refractivity contribution < 1.29 is 14.3 Å². The smallest absolute Gasteiger partial charge is 0.306 e. The second-order valence-corrected chi connectivity index (χ2v) is 4.95. The first-order chi connectivity index (χ1) is 9.67. The van der Waals surface area contributed by atoms with Gasteiger partial charge in [0.25, 0.3) is 0 Å². The summed E-state index contributed by atoms with van der Waals surface area (Å²) in [5.74, 6) is 0.341. The summed E-state index contributed by atoms with van der Waals surface area (Å²) >= 11 is 5.63. The van der Waals surface area contributed by atoms with Crippen LogP contribution in [-0.2, 0) is 16.0 Å². The molecule has 0 aliphatic carbocycles. The Balaban J connectivity index is 2.42. The second-order valence-electron chi connectivity index (χ2n) is 4.57. The number of rotatable bonds is 9. The highest BCUT2D eigenvalue weighted by Crippen LogP contribution is 2.11. The largest absolute Gasteiger partial charge is 0.466 e. The van der Waals surface area contributed by atoms with E-state index >= 15 is 0 Å². The molecule has 20 heavy (non-hydrogen) atoms. The lowest BCUT2D eigenvalue weighted by Crippen LogP contribution is -2.08. The molecule has 0 aliphatic heterocycles. The molecule has 0 bridgehead atoms. The lowest BCUT2D eigenvalue weighted by Gasteiger charge is -2.04. The zero-order valence-corrected chi connectivity index (χ0v) is 12.6. The van der Waals surface area contributed by atoms with Gasteiger partial charge in [0.05, 0.1) is 13.0 Å². The van der Waals surface area contributed by atoms with Gasteiger partial charge in [-0.1, -0.05) is 24.3 Å². The van der Waals surface area contributed by atoms with Crippen molar-refractivity contribution in [3.63, 3.8) is 0 Å². The number of benzene rings is 1. The molecular formula is C16H21ClO3. The predicted octanol–water partition coefficient (Wildman–Crippen LogP) is 3.77. The Kier molecular flexibility index (Phi) is 7.97. The minimum Gasteiger partial charge on any atom is -0.466 e. The molecule has 0 saturated carbocycles. The summed E-state index contributed by atoms with van der Waals surface area (Å²) in [7, 11) is 0. The van der Waals surface area contributed by atoms with E-state index in [-0.39, 0.29) is 24.6 Å². The van der Waals surface area contributed by atoms with Crippen LogP contribution >= 0.6 is 11.6 Å². The molecule has 0 atom stereocenters. The van der Waals surface area contributed by atoms with Crippen molar-refractivity contribution in [2.24, 2.45) is 0 Å². The zero-order valence-electron chi connectivity index (χ0n) is 11.9. The minimum atomic E-state index is -0.321. The Bertz CT molecular complexity index is 426. The summed E-state index contributed by atoms with van der Waals surface area (Å²) in [6.07, 6.45) is 3.38. The van der Waals surface area contributed by atoms with Crippen LogP contribution in [0, 0.1) is 0 Å². The van der Waals surface area contributed by atoms with Crippen molar-refractivity contribution in [2.75, 3.05) is 12.5 Å². The normalized spacial score (nSPS) is 10.3. The van der Waals surface area contributed by atoms with Crippen LogP contribution in [0.1, 0.15) is 48.5 Å². The van der Waals surface area contributed by atoms with E-state index in [1.807, 2.05) is 24.3 Å². The number of hydrogen-bond donors (Lipinski definition) is 0. The number of ketones is 1. The van der Waals surface area contributed by atoms with E-state index < -0.39 is 0 Å². The van der Waals surface area contributed by atoms with Crippen molar-refractivity contribution in [3.8, 4) is 0 Å². The highest BCUT2D eigenvalue weighted by atomic mass is 35.5. The summed E-state index contributed by atoms with van der Waals surface area (Å²) in [5.41, 5.74) is 1.85. The predicted molar refractivity (Wildman–Crippen MR) is 80.3 cm³/mol. The van der Waals surface area contributed by atoms with Crippen LogP contribution in [0.3, 0.4) is 0 Å². The lowest BCUT2D eigenvalue weighted by molar-refractivity contribution is -0.143. The Morgan fingerprint density at radius 2 is 1.80 bits per heavy atom. The lowest BCUT2D eigenvalue weighted by atomic mass is 10.0. The third-order valence-electron chi connectivity index (χ3n) is 2.99. The number of Topliss-reactive ketones (excluding diaryl/α,β-unsaturated/α-hetero) is 1. The molecule has 4 heteroatoms. The second kappa shape index (κ2) is 9.54. The first kappa shape index (κ1) is 16.7. The Morgan fingerprint density at radius 1 is 1.10 bits per heavy atom. The van der Waals surface area contributed by atoms with Crippen LogP contribution in [0.15, 0.2) is 24.3 Å². The fourth-order valence-electron chi connectivity index (χ4n) is 1.87. The van der Waals surface area contributed by atoms with Gasteiger partial charge in [-0.15, -0.1) is 11.6 Å². The molecule has 0 aliphatic rings. The fourth-order valence-corrected chi connectivity index (χ4v) is 2.06. The van der Waals surface area contributed by atoms with Crippen molar-refractivity contribution in [2.45, 2.75) is 39.0 Å². The highest BCUT2D eigenvalue weighted by molar-refractivity contribution is 6.17. The molecular weight excluding hydrogens is 276 g/mol. The molecule has 0 aromatic heterocycles. The number of esters is 1. The SMILES string of the molecule is CCOC(=O)CCC(=O)c1ccc(CCCCCl)cc1. The van der Waals surface area contributed by atoms with Crippen molar-refractivity contribution in [1.82, 2.24) is 0 Å². The highest BCUT2D eigenvalue weighted by Gasteiger charge is 2.09. The molecule has 0 spiro atoms. The first-order valence-electron chi connectivity index (χ1n) is 7.01. The van der Waals surface area contributed by atoms with Crippen molar-refractivity contribution in [1.29, 1.82) is 0 Å². The first-order valence-corrected chi connectivity index (χ1v) is 7.54. The van der Waals surface area contributed by atoms with E-state index in [0.717, 1.165) is 19.3 Å². The minimum absolute atomic E-state index is 0.0228. The number of unbranched alkanes of at least 4 members (excludes halogenated alkanes) is 1. The van der Waals surface area contributed by atoms with Gasteiger partial charge >= 0.3 is 5.97 Å². The number of carbonyl (C=O) groups is 2. The Labute approximate surface area is 125 Å². The van der Waals surface area contributed by atoms with Crippen molar-refractivity contribution >= 4 is 23.4 Å². The summed E-state index contributed by atoms with van der Waals surface area (Å²) < 4.78 is 4.80. The maximum absolute atomic E-state index is 11.9. The topological polar surface area (TPSA) is 43.4 Å². The van der Waals surface area contributed by atoms with Gasteiger partial charge < -0.3 is 4.74 Å². The molecule has 1 aromatic carbocycles. The summed E-state index contributed by atoms with van der Waals surface area (Å²) in [6.45, 7) is 2.10. The molecule has 110 valence electrons. The standard InChI is InChI=1S/C16H21ClO3/c1-2-20-16(19)11-10-15(18)14-8-6-13(7-9-14)5-3-4-12-17/h6-9H,2-5,10-12H2,1H3. The molecule has 0 fully saturated rings. The van der Waals surface area contributed by atoms with E-state index in [1.165, 1.54) is 5.56 Å². The number of hydrogen-bond acceptors (Lipinski definition) is 3. The summed E-state index contributed by atoms with van der Waals surface area (Å²) in [4.78, 5) is 23.1. The molecule has 0 heterocycles. The number of halogens is 1. The maximum Gasteiger partial charge on any atom is 0.306 e. The Morgan fingerprint density at radius 3 is 2.40 bits per heavy atom. The van der Waals surface area contributed by atoms with Crippen LogP contribution in [0.2, 0.25) is 0 Å². The fraction of sp³-hybridized carbons (Fsp3) is 0.500. The number of ether oxygens (including phenoxy) is 1. The summed E-state index contributed by atoms with van der Waals surface area (Å²) in [5, 5.41) is 0. The molecule has 0 amide bonds. The zero-order chi connectivity index (χ0) is 14.8. The third kappa shape index (κ3) is 6.20. The van der Waals surface area contributed by atoms with E-state index in [0.29, 0.717) is 18.1 Å². The van der Waals surface area contributed by atoms with E-state index in [9.17, 15) is 9.59 Å². The van der Waals surface area contributed by atoms with Crippen LogP contribution < -0.4 is 0 Å². The van der Waals surface area contributed by atoms with Crippen LogP contribution in [-0.4, -0.2) is 24.2 Å². The average molecular weight is 297 g/mol. The molecule has 0 saturated heterocycles. The number of carbonyl (C=O) groups excluding carboxylic acids is 2. The molecule has 0 N–H and O–H groups in total. The van der Waals surface area contributed by atoms with Gasteiger partial charge in [-0.05, 0) is 31.7 Å². The Hall–Kier alpha value is -1.35. The van der Waals surface area contributed by atoms with Gasteiger partial charge in [0.1, 0.15) is 0 Å². The monoisotopic (exact) mass is 296 g/mol. The van der Waals surface area contributed by atoms with Gasteiger partial charge in [0, 0.05) is 17.9 Å². The van der Waals surface area contributed by atoms with Gasteiger partial charge in [0.15, 0.2) is 5.78 Å². The molecule has 0 unspecified atom stereocenters. The summed E-state index contributed by atoms with van der Waals surface area (Å²) in [6, 6.07) is 7.57. The molecule has 1 rings (SSSR count). The van der Waals surface area contributed by atoms with Crippen LogP contribution in [0.25, 0.3) is 0 Å². The van der Waals surface area contributed by atoms with Crippen LogP contribution in [0.4, 0.5) is 0 Å². The van der Waals surface area contributed by atoms with Gasteiger partial charge in [-0.3, -0.25) is 9.59 Å². The average Bonchev–Trinajstić information content (AvgIpc) is 2.46. The van der Waals surface area contributed by atoms with Gasteiger partial charge in [-0.2, -0.15) is 0 Å². The molecule has 0 radical (unpaired) electrons. The number of aryl methyl sites for hydroxylation is 1. The third-order valence-corrected chi connectivity index (χ3v) is 3.25. The van der Waals surface area contributed by atoms with E-state index in [2.05, 4.69) is 0 Å². The molecule has 3 nitrogen and oxygen atoms in total.